The zero-order chi connectivity index (χ0) is 31.3. The molecule has 0 spiro atoms. The highest BCUT2D eigenvalue weighted by Crippen LogP contribution is 2.44. The Labute approximate surface area is 271 Å². The summed E-state index contributed by atoms with van der Waals surface area (Å²) in [4.78, 5) is 0. The lowest BCUT2D eigenvalue weighted by molar-refractivity contribution is -0.686. The summed E-state index contributed by atoms with van der Waals surface area (Å²) in [7, 11) is 1.59. The molecule has 0 saturated heterocycles. The summed E-state index contributed by atoms with van der Waals surface area (Å²) < 4.78 is 65.2. The Morgan fingerprint density at radius 2 is 1.57 bits per heavy atom. The average Bonchev–Trinajstić information content (AvgIpc) is 3.49. The summed E-state index contributed by atoms with van der Waals surface area (Å²) in [5.41, 5.74) is 7.00. The molecule has 238 valence electrons. The van der Waals surface area contributed by atoms with Crippen molar-refractivity contribution in [3.8, 4) is 34.3 Å². The van der Waals surface area contributed by atoms with Crippen LogP contribution in [0.25, 0.3) is 22.0 Å². The van der Waals surface area contributed by atoms with Gasteiger partial charge in [0.15, 0.2) is 35.7 Å². The molecule has 4 aromatic carbocycles. The predicted molar refractivity (Wildman–Crippen MR) is 165 cm³/mol. The smallest absolute Gasteiger partial charge is 0.416 e. The summed E-state index contributed by atoms with van der Waals surface area (Å²) in [6, 6.07) is 22.0. The topological polar surface area (TPSA) is 40.8 Å². The first-order valence-corrected chi connectivity index (χ1v) is 15.1. The first kappa shape index (κ1) is 31.5. The van der Waals surface area contributed by atoms with Gasteiger partial charge in [-0.25, -0.2) is 0 Å². The largest absolute Gasteiger partial charge is 1.00 e. The predicted octanol–water partition coefficient (Wildman–Crippen LogP) is 5.40. The molecule has 0 aliphatic carbocycles. The molecule has 0 radical (unpaired) electrons. The van der Waals surface area contributed by atoms with Crippen LogP contribution in [-0.4, -0.2) is 13.9 Å². The van der Waals surface area contributed by atoms with Crippen molar-refractivity contribution in [1.82, 2.24) is 0 Å². The number of hydrogen-bond donors (Lipinski definition) is 0. The highest BCUT2D eigenvalue weighted by Gasteiger charge is 2.33. The van der Waals surface area contributed by atoms with Crippen molar-refractivity contribution in [1.29, 1.82) is 0 Å². The Morgan fingerprint density at radius 1 is 0.870 bits per heavy atom. The summed E-state index contributed by atoms with van der Waals surface area (Å²) in [5, 5.41) is 1.89. The molecule has 0 bridgehead atoms. The first-order chi connectivity index (χ1) is 21.7. The monoisotopic (exact) mass is 647 g/mol. The van der Waals surface area contributed by atoms with Crippen LogP contribution in [0, 0.1) is 0 Å². The van der Waals surface area contributed by atoms with Crippen molar-refractivity contribution < 1.29 is 49.1 Å². The summed E-state index contributed by atoms with van der Waals surface area (Å²) in [6.45, 7) is 5.44. The highest BCUT2D eigenvalue weighted by atomic mass is 35.5. The minimum absolute atomic E-state index is 0. The fourth-order valence-electron chi connectivity index (χ4n) is 6.30. The summed E-state index contributed by atoms with van der Waals surface area (Å²) in [5.74, 6) is 3.06. The van der Waals surface area contributed by atoms with Crippen LogP contribution >= 0.6 is 0 Å². The number of fused-ring (bicyclic) bond motifs is 5. The Kier molecular flexibility index (Phi) is 8.51. The van der Waals surface area contributed by atoms with Crippen LogP contribution < -0.4 is 35.9 Å². The van der Waals surface area contributed by atoms with E-state index in [1.807, 2.05) is 6.07 Å². The Hall–Kier alpha value is -4.43. The van der Waals surface area contributed by atoms with Gasteiger partial charge < -0.3 is 31.4 Å². The molecule has 3 heterocycles. The molecule has 5 nitrogen and oxygen atoms in total. The molecule has 2 aliphatic rings. The number of hydrogen-bond acceptors (Lipinski definition) is 4. The number of benzene rings is 4. The number of methoxy groups -OCH3 is 1. The van der Waals surface area contributed by atoms with Crippen LogP contribution in [0.15, 0.2) is 79.0 Å². The highest BCUT2D eigenvalue weighted by molar-refractivity contribution is 5.95. The van der Waals surface area contributed by atoms with Crippen molar-refractivity contribution in [2.75, 3.05) is 13.9 Å². The lowest BCUT2D eigenvalue weighted by atomic mass is 9.88. The fourth-order valence-corrected chi connectivity index (χ4v) is 6.30. The van der Waals surface area contributed by atoms with Crippen molar-refractivity contribution >= 4 is 10.8 Å². The van der Waals surface area contributed by atoms with Gasteiger partial charge in [0.05, 0.1) is 23.6 Å². The van der Waals surface area contributed by atoms with Crippen LogP contribution in [0.2, 0.25) is 0 Å². The Balaban J connectivity index is 0.00000372. The minimum atomic E-state index is -4.39. The molecule has 5 aromatic rings. The van der Waals surface area contributed by atoms with Crippen molar-refractivity contribution in [3.63, 3.8) is 0 Å². The number of aromatic nitrogens is 1. The normalized spacial score (nSPS) is 13.3. The molecule has 0 fully saturated rings. The van der Waals surface area contributed by atoms with Crippen LogP contribution in [0.5, 0.6) is 23.0 Å². The van der Waals surface area contributed by atoms with E-state index in [1.54, 1.807) is 7.11 Å². The van der Waals surface area contributed by atoms with Crippen molar-refractivity contribution in [2.24, 2.45) is 0 Å². The summed E-state index contributed by atoms with van der Waals surface area (Å²) >= 11 is 0. The van der Waals surface area contributed by atoms with Gasteiger partial charge in [-0.2, -0.15) is 17.7 Å². The Morgan fingerprint density at radius 3 is 2.24 bits per heavy atom. The maximum atomic E-state index is 13.1. The van der Waals surface area contributed by atoms with Crippen molar-refractivity contribution in [2.45, 2.75) is 51.9 Å². The van der Waals surface area contributed by atoms with E-state index in [0.717, 1.165) is 64.2 Å². The average molecular weight is 648 g/mol. The van der Waals surface area contributed by atoms with E-state index in [9.17, 15) is 13.2 Å². The van der Waals surface area contributed by atoms with Gasteiger partial charge in [0.2, 0.25) is 12.5 Å². The molecular formula is C37H33ClF3NO4. The van der Waals surface area contributed by atoms with E-state index in [-0.39, 0.29) is 25.8 Å². The number of alkyl halides is 3. The molecular weight excluding hydrogens is 615 g/mol. The SMILES string of the molecule is COc1ccc2c(Cc3ccc(C(C)C)cc3)c3[n+](cc2c1OCc1ccc(C(F)(F)F)cc1)CCc1cc2c(cc1-3)OCO2.[Cl-]. The number of nitrogens with zero attached hydrogens (tertiary/aromatic N) is 1. The van der Waals surface area contributed by atoms with Crippen LogP contribution in [-0.2, 0) is 32.2 Å². The molecule has 2 aliphatic heterocycles. The maximum absolute atomic E-state index is 13.1. The zero-order valence-electron chi connectivity index (χ0n) is 25.7. The molecule has 0 atom stereocenters. The van der Waals surface area contributed by atoms with E-state index < -0.39 is 11.7 Å². The van der Waals surface area contributed by atoms with E-state index in [2.05, 4.69) is 67.1 Å². The van der Waals surface area contributed by atoms with Gasteiger partial charge in [0.25, 0.3) is 0 Å². The number of ether oxygens (including phenoxy) is 4. The van der Waals surface area contributed by atoms with Gasteiger partial charge in [0, 0.05) is 23.8 Å². The second-order valence-electron chi connectivity index (χ2n) is 11.9. The molecule has 1 aromatic heterocycles. The van der Waals surface area contributed by atoms with Gasteiger partial charge in [-0.05, 0) is 64.6 Å². The molecule has 0 saturated carbocycles. The van der Waals surface area contributed by atoms with Crippen LogP contribution in [0.1, 0.15) is 53.1 Å². The number of pyridine rings is 1. The van der Waals surface area contributed by atoms with Crippen molar-refractivity contribution in [3.05, 3.63) is 112 Å². The molecule has 0 amide bonds. The van der Waals surface area contributed by atoms with Gasteiger partial charge in [0.1, 0.15) is 6.61 Å². The van der Waals surface area contributed by atoms with Crippen LogP contribution in [0.3, 0.4) is 0 Å². The second kappa shape index (κ2) is 12.4. The van der Waals surface area contributed by atoms with E-state index in [0.29, 0.717) is 29.4 Å². The summed E-state index contributed by atoms with van der Waals surface area (Å²) in [6.07, 6.45) is -0.779. The number of rotatable bonds is 7. The first-order valence-electron chi connectivity index (χ1n) is 15.1. The van der Waals surface area contributed by atoms with Gasteiger partial charge in [-0.3, -0.25) is 0 Å². The van der Waals surface area contributed by atoms with Gasteiger partial charge in [-0.15, -0.1) is 0 Å². The zero-order valence-corrected chi connectivity index (χ0v) is 26.5. The molecule has 7 rings (SSSR count). The fraction of sp³-hybridized carbons (Fsp3) is 0.270. The molecule has 9 heteroatoms. The maximum Gasteiger partial charge on any atom is 0.416 e. The molecule has 0 N–H and O–H groups in total. The number of aryl methyl sites for hydroxylation is 2. The van der Waals surface area contributed by atoms with E-state index in [1.165, 1.54) is 28.8 Å². The lowest BCUT2D eigenvalue weighted by Gasteiger charge is -2.21. The standard InChI is InChI=1S/C37H33F3NO4.ClH/c1-22(2)25-8-4-23(5-9-25)16-30-28-12-13-32(42-3)36(43-20-24-6-10-27(11-7-24)37(38,39)40)31(28)19-41-15-14-26-17-33-34(45-21-44-33)18-29(26)35(30)41;/h4-13,17-19,22H,14-16,20-21H2,1-3H3;1H/q+1;/p-1. The van der Waals surface area contributed by atoms with E-state index >= 15 is 0 Å². The van der Waals surface area contributed by atoms with Gasteiger partial charge in [-0.1, -0.05) is 50.2 Å². The third kappa shape index (κ3) is 5.82. The minimum Gasteiger partial charge on any atom is -1.00 e. The molecule has 0 unspecified atom stereocenters. The van der Waals surface area contributed by atoms with Crippen LogP contribution in [0.4, 0.5) is 13.2 Å². The van der Waals surface area contributed by atoms with E-state index in [4.69, 9.17) is 18.9 Å². The quantitative estimate of drug-likeness (QED) is 0.222. The molecule has 46 heavy (non-hydrogen) atoms. The third-order valence-corrected chi connectivity index (χ3v) is 8.73. The number of halogens is 4. The third-order valence-electron chi connectivity index (χ3n) is 8.73. The second-order valence-corrected chi connectivity index (χ2v) is 11.9. The van der Waals surface area contributed by atoms with Gasteiger partial charge >= 0.3 is 6.18 Å². The Bertz CT molecular complexity index is 1900. The lowest BCUT2D eigenvalue weighted by Crippen LogP contribution is -3.00.